The topological polar surface area (TPSA) is 42.5 Å². The fourth-order valence-corrected chi connectivity index (χ4v) is 18.3. The van der Waals surface area contributed by atoms with Crippen molar-refractivity contribution in [1.29, 1.82) is 0 Å². The Morgan fingerprint density at radius 2 is 0.704 bits per heavy atom. The number of nitrogens with zero attached hydrogens (tertiary/aromatic N) is 10. The van der Waals surface area contributed by atoms with E-state index in [0.717, 1.165) is 78.0 Å². The highest BCUT2D eigenvalue weighted by atomic mass is 32.1. The summed E-state index contributed by atoms with van der Waals surface area (Å²) in [6.45, 7) is 28.5. The molecule has 19 rings (SSSR count). The van der Waals surface area contributed by atoms with E-state index < -0.39 is 0 Å². The highest BCUT2D eigenvalue weighted by molar-refractivity contribution is 7.11. The molecule has 0 saturated heterocycles. The molecular weight excluding hydrogens is 1340 g/mol. The van der Waals surface area contributed by atoms with Crippen molar-refractivity contribution in [3.63, 3.8) is 0 Å². The van der Waals surface area contributed by atoms with Gasteiger partial charge in [-0.15, -0.1) is 11.3 Å². The van der Waals surface area contributed by atoms with Gasteiger partial charge in [0.05, 0.1) is 22.1 Å². The van der Waals surface area contributed by atoms with Crippen LogP contribution in [0.4, 0.5) is 0 Å². The van der Waals surface area contributed by atoms with E-state index in [2.05, 4.69) is 364 Å². The van der Waals surface area contributed by atoms with E-state index in [1.165, 1.54) is 193 Å². The van der Waals surface area contributed by atoms with Crippen LogP contribution in [0.5, 0.6) is 0 Å². The summed E-state index contributed by atoms with van der Waals surface area (Å²) in [5, 5.41) is 13.1. The average Bonchev–Trinajstić information content (AvgIpc) is 1.62. The van der Waals surface area contributed by atoms with Gasteiger partial charge < -0.3 is 47.0 Å². The molecule has 0 N–H and O–H groups in total. The fourth-order valence-electron chi connectivity index (χ4n) is 17.5. The zero-order chi connectivity index (χ0) is 74.9. The van der Waals surface area contributed by atoms with E-state index in [1.807, 2.05) is 11.3 Å². The maximum atomic E-state index is 2.45. The Balaban J connectivity index is 0.000000110. The van der Waals surface area contributed by atoms with E-state index in [-0.39, 0.29) is 0 Å². The van der Waals surface area contributed by atoms with E-state index >= 15 is 0 Å². The average molecular weight is 1440 g/mol. The largest absolute Gasteiger partial charge is 0.351 e. The quantitative estimate of drug-likeness (QED) is 0.152. The number of thiophene rings is 1. The van der Waals surface area contributed by atoms with Gasteiger partial charge in [0.1, 0.15) is 0 Å². The summed E-state index contributed by atoms with van der Waals surface area (Å²) in [4.78, 5) is 11.1. The van der Waals surface area contributed by atoms with Crippen LogP contribution in [0, 0.1) is 34.6 Å². The first-order valence-electron chi connectivity index (χ1n) is 38.8. The molecular formula is C97H104N10S. The Morgan fingerprint density at radius 3 is 1.16 bits per heavy atom. The minimum absolute atomic E-state index is 1.03. The van der Waals surface area contributed by atoms with Crippen LogP contribution >= 0.6 is 11.3 Å². The summed E-state index contributed by atoms with van der Waals surface area (Å²) in [6.07, 6.45) is 18.0. The van der Waals surface area contributed by atoms with Gasteiger partial charge in [0.2, 0.25) is 0 Å². The van der Waals surface area contributed by atoms with Crippen LogP contribution in [0.2, 0.25) is 0 Å². The van der Waals surface area contributed by atoms with Crippen LogP contribution in [0.3, 0.4) is 0 Å². The van der Waals surface area contributed by atoms with Crippen molar-refractivity contribution >= 4 is 135 Å². The lowest BCUT2D eigenvalue weighted by Crippen LogP contribution is -2.26. The molecule has 0 unspecified atom stereocenters. The predicted octanol–water partition coefficient (Wildman–Crippen LogP) is 22.3. The van der Waals surface area contributed by atoms with E-state index in [4.69, 9.17) is 0 Å². The van der Waals surface area contributed by atoms with Gasteiger partial charge in [-0.2, -0.15) is 0 Å². The molecule has 11 heterocycles. The number of aryl methyl sites for hydroxylation is 7. The molecule has 0 spiro atoms. The van der Waals surface area contributed by atoms with E-state index in [1.54, 1.807) is 0 Å². The summed E-state index contributed by atoms with van der Waals surface area (Å²) < 4.78 is 14.2. The summed E-state index contributed by atoms with van der Waals surface area (Å²) in [7, 11) is 13.1. The van der Waals surface area contributed by atoms with Gasteiger partial charge in [-0.1, -0.05) is 107 Å². The normalized spacial score (nSPS) is 15.5. The number of hydrogen-bond donors (Lipinski definition) is 0. The molecule has 0 fully saturated rings. The maximum Gasteiger partial charge on any atom is 0.0529 e. The van der Waals surface area contributed by atoms with E-state index in [9.17, 15) is 0 Å². The van der Waals surface area contributed by atoms with Gasteiger partial charge >= 0.3 is 0 Å². The molecule has 548 valence electrons. The number of fused-ring (bicyclic) bond motifs is 15. The van der Waals surface area contributed by atoms with Crippen molar-refractivity contribution in [2.45, 2.75) is 114 Å². The van der Waals surface area contributed by atoms with Crippen molar-refractivity contribution in [2.24, 2.45) is 14.1 Å². The fraction of sp³-hybridized carbons (Fsp3) is 0.278. The molecule has 0 saturated carbocycles. The van der Waals surface area contributed by atoms with Gasteiger partial charge in [0.25, 0.3) is 0 Å². The van der Waals surface area contributed by atoms with Crippen molar-refractivity contribution in [3.05, 3.63) is 282 Å². The summed E-state index contributed by atoms with van der Waals surface area (Å²) in [6, 6.07) is 62.9. The first-order valence-corrected chi connectivity index (χ1v) is 39.7. The zero-order valence-electron chi connectivity index (χ0n) is 66.1. The smallest absolute Gasteiger partial charge is 0.0529 e. The van der Waals surface area contributed by atoms with Crippen LogP contribution in [-0.4, -0.2) is 101 Å². The highest BCUT2D eigenvalue weighted by Crippen LogP contribution is 2.39. The molecule has 4 aliphatic heterocycles. The Hall–Kier alpha value is -10.2. The first-order chi connectivity index (χ1) is 52.2. The molecule has 8 aromatic carbocycles. The molecule has 0 aliphatic carbocycles. The molecule has 0 atom stereocenters. The summed E-state index contributed by atoms with van der Waals surface area (Å²) in [5.74, 6) is 0. The number of hydrogen-bond acceptors (Lipinski definition) is 5. The standard InChI is InChI=1S/C26H26N2.2C25H27N3.C21H24N2S/c1-18-11-12-25-23(15-18)24-17-27(3)14-13-26(24)28(25)16-19(2)21-10-6-8-20-7-4-5-9-22(20)21;1-17-5-8-23-21(13-17)22-16-26(3)11-10-24(22)28(23)15-18(2)20-7-6-19-9-12-27(4)25(19)14-20;1-17-5-7-24-21(13-17)22-16-26(3)11-10-25(22)28(24)15-18(2)19-6-8-23-20(14-19)9-12-27(23)4;1-14-5-6-19-17(9-14)18-12-22(4)8-7-20(18)23(19)11-16(3)21-10-15(2)13-24-21/h4-12,15-16H,13-14,17H2,1-3H3;2*5-9,12-15H,10-11,16H2,1-4H3;5-6,9-11,13H,7-8,12H2,1-4H3/b19-16-;18-15-;18-15+;16-11+. The second kappa shape index (κ2) is 29.7. The zero-order valence-corrected chi connectivity index (χ0v) is 66.9. The maximum absolute atomic E-state index is 2.45. The number of aromatic nitrogens is 6. The summed E-state index contributed by atoms with van der Waals surface area (Å²) in [5.41, 5.74) is 35.6. The molecule has 11 heteroatoms. The lowest BCUT2D eigenvalue weighted by molar-refractivity contribution is 0.312. The Morgan fingerprint density at radius 1 is 0.315 bits per heavy atom. The minimum atomic E-state index is 1.03. The monoisotopic (exact) mass is 1440 g/mol. The van der Waals surface area contributed by atoms with Crippen LogP contribution in [0.15, 0.2) is 188 Å². The minimum Gasteiger partial charge on any atom is -0.351 e. The number of rotatable bonds is 8. The third kappa shape index (κ3) is 14.0. The molecule has 0 bridgehead atoms. The van der Waals surface area contributed by atoms with Gasteiger partial charge in [-0.3, -0.25) is 0 Å². The second-order valence-electron chi connectivity index (χ2n) is 31.9. The second-order valence-corrected chi connectivity index (χ2v) is 32.8. The van der Waals surface area contributed by atoms with Crippen molar-refractivity contribution < 1.29 is 0 Å². The summed E-state index contributed by atoms with van der Waals surface area (Å²) >= 11 is 1.84. The van der Waals surface area contributed by atoms with Crippen LogP contribution in [0.1, 0.15) is 122 Å². The van der Waals surface area contributed by atoms with Gasteiger partial charge in [-0.25, -0.2) is 0 Å². The molecule has 108 heavy (non-hydrogen) atoms. The molecule has 0 amide bonds. The van der Waals surface area contributed by atoms with Crippen molar-refractivity contribution in [2.75, 3.05) is 54.4 Å². The van der Waals surface area contributed by atoms with Crippen molar-refractivity contribution in [3.8, 4) is 0 Å². The van der Waals surface area contributed by atoms with Gasteiger partial charge in [0.15, 0.2) is 0 Å². The third-order valence-corrected chi connectivity index (χ3v) is 24.6. The Labute approximate surface area is 642 Å². The van der Waals surface area contributed by atoms with Crippen molar-refractivity contribution in [1.82, 2.24) is 47.0 Å². The third-order valence-electron chi connectivity index (χ3n) is 23.4. The lowest BCUT2D eigenvalue weighted by atomic mass is 10.00. The predicted molar refractivity (Wildman–Crippen MR) is 465 cm³/mol. The lowest BCUT2D eigenvalue weighted by Gasteiger charge is -2.23. The molecule has 7 aromatic heterocycles. The highest BCUT2D eigenvalue weighted by Gasteiger charge is 2.27. The first kappa shape index (κ1) is 72.0. The number of allylic oxidation sites excluding steroid dienone is 4. The van der Waals surface area contributed by atoms with Gasteiger partial charge in [0, 0.05) is 195 Å². The van der Waals surface area contributed by atoms with Crippen LogP contribution < -0.4 is 0 Å². The molecule has 10 nitrogen and oxygen atoms in total. The van der Waals surface area contributed by atoms with Gasteiger partial charge in [-0.05, 0) is 264 Å². The molecule has 15 aromatic rings. The van der Waals surface area contributed by atoms with Crippen LogP contribution in [0.25, 0.3) is 123 Å². The van der Waals surface area contributed by atoms with E-state index in [0.29, 0.717) is 0 Å². The molecule has 0 radical (unpaired) electrons. The number of benzene rings is 8. The Bertz CT molecular complexity index is 6120. The number of likely N-dealkylation sites (N-methyl/N-ethyl adjacent to an activating group) is 4. The molecule has 4 aliphatic rings. The SMILES string of the molecule is C/C(=C/n1c2c(c3cc(C)ccc31)CN(C)CC2)c1ccc2ccn(C)c2c1.C/C(=C/n1c2c(c3cc(C)ccc31)CN(C)CC2)c1cccc2ccccc12.C/C(=C\n1c2c(c3cc(C)ccc31)CN(C)CC2)c1cc(C)cs1.C/C(=C\n1c2c(c3cc(C)ccc31)CN(C)CC2)c1ccc2c(ccn2C)c1. The Kier molecular flexibility index (Phi) is 19.8. The van der Waals surface area contributed by atoms with Crippen LogP contribution in [-0.2, 0) is 66.0 Å².